The molecule has 102 valence electrons. The van der Waals surface area contributed by atoms with Crippen molar-refractivity contribution in [3.63, 3.8) is 0 Å². The molecule has 1 atom stereocenters. The maximum atomic E-state index is 6.29. The Morgan fingerprint density at radius 3 is 2.72 bits per heavy atom. The molecule has 1 aliphatic carbocycles. The van der Waals surface area contributed by atoms with Gasteiger partial charge in [0.25, 0.3) is 0 Å². The van der Waals surface area contributed by atoms with Gasteiger partial charge in [-0.3, -0.25) is 0 Å². The molecule has 0 amide bonds. The Morgan fingerprint density at radius 2 is 2.06 bits per heavy atom. The largest absolute Gasteiger partial charge is 0.333 e. The lowest BCUT2D eigenvalue weighted by atomic mass is 9.89. The zero-order valence-electron chi connectivity index (χ0n) is 11.8. The minimum atomic E-state index is 0.135. The predicted octanol–water partition coefficient (Wildman–Crippen LogP) is 3.51. The first-order valence-corrected chi connectivity index (χ1v) is 7.42. The molecular formula is C15H27N3. The van der Waals surface area contributed by atoms with Crippen molar-refractivity contribution in [2.24, 2.45) is 17.6 Å². The fraction of sp³-hybridized carbons (Fsp3) is 0.800. The van der Waals surface area contributed by atoms with Gasteiger partial charge in [0, 0.05) is 18.8 Å². The van der Waals surface area contributed by atoms with Crippen LogP contribution < -0.4 is 5.73 Å². The molecule has 2 rings (SSSR count). The highest BCUT2D eigenvalue weighted by atomic mass is 15.1. The molecule has 3 heteroatoms. The summed E-state index contributed by atoms with van der Waals surface area (Å²) < 4.78 is 2.29. The van der Waals surface area contributed by atoms with Crippen molar-refractivity contribution in [2.75, 3.05) is 0 Å². The minimum Gasteiger partial charge on any atom is -0.333 e. The van der Waals surface area contributed by atoms with Gasteiger partial charge in [-0.1, -0.05) is 33.1 Å². The maximum Gasteiger partial charge on any atom is 0.0948 e. The average molecular weight is 249 g/mol. The van der Waals surface area contributed by atoms with E-state index in [9.17, 15) is 0 Å². The number of hydrogen-bond acceptors (Lipinski definition) is 2. The molecule has 0 aliphatic heterocycles. The smallest absolute Gasteiger partial charge is 0.0948 e. The van der Waals surface area contributed by atoms with E-state index in [1.54, 1.807) is 0 Å². The van der Waals surface area contributed by atoms with Crippen LogP contribution in [0.15, 0.2) is 12.5 Å². The summed E-state index contributed by atoms with van der Waals surface area (Å²) in [7, 11) is 0. The first-order valence-electron chi connectivity index (χ1n) is 7.42. The monoisotopic (exact) mass is 249 g/mol. The summed E-state index contributed by atoms with van der Waals surface area (Å²) in [4.78, 5) is 4.30. The van der Waals surface area contributed by atoms with Gasteiger partial charge in [-0.25, -0.2) is 4.98 Å². The van der Waals surface area contributed by atoms with Gasteiger partial charge in [0.05, 0.1) is 12.0 Å². The molecule has 2 N–H and O–H groups in total. The summed E-state index contributed by atoms with van der Waals surface area (Å²) in [5.74, 6) is 1.47. The number of rotatable bonds is 5. The number of aromatic nitrogens is 2. The van der Waals surface area contributed by atoms with Crippen LogP contribution in [0.3, 0.4) is 0 Å². The lowest BCUT2D eigenvalue weighted by Crippen LogP contribution is -2.20. The Morgan fingerprint density at radius 1 is 1.33 bits per heavy atom. The van der Waals surface area contributed by atoms with Gasteiger partial charge in [0.2, 0.25) is 0 Å². The van der Waals surface area contributed by atoms with Crippen LogP contribution in [0.1, 0.15) is 64.1 Å². The molecule has 3 nitrogen and oxygen atoms in total. The molecule has 1 unspecified atom stereocenters. The summed E-state index contributed by atoms with van der Waals surface area (Å²) in [5, 5.41) is 0. The molecule has 0 saturated heterocycles. The van der Waals surface area contributed by atoms with Gasteiger partial charge in [-0.15, -0.1) is 0 Å². The van der Waals surface area contributed by atoms with Crippen molar-refractivity contribution in [1.82, 2.24) is 9.55 Å². The maximum absolute atomic E-state index is 6.29. The highest BCUT2D eigenvalue weighted by Crippen LogP contribution is 2.26. The van der Waals surface area contributed by atoms with Crippen LogP contribution in [-0.2, 0) is 6.54 Å². The van der Waals surface area contributed by atoms with Gasteiger partial charge in [0.1, 0.15) is 0 Å². The summed E-state index contributed by atoms with van der Waals surface area (Å²) in [6, 6.07) is 0.135. The van der Waals surface area contributed by atoms with E-state index in [2.05, 4.69) is 23.4 Å². The Balaban J connectivity index is 1.98. The summed E-state index contributed by atoms with van der Waals surface area (Å²) >= 11 is 0. The lowest BCUT2D eigenvalue weighted by molar-refractivity contribution is 0.313. The fourth-order valence-electron chi connectivity index (χ4n) is 3.07. The van der Waals surface area contributed by atoms with Gasteiger partial charge in [-0.2, -0.15) is 0 Å². The predicted molar refractivity (Wildman–Crippen MR) is 75.2 cm³/mol. The van der Waals surface area contributed by atoms with Gasteiger partial charge >= 0.3 is 0 Å². The van der Waals surface area contributed by atoms with Gasteiger partial charge in [-0.05, 0) is 31.1 Å². The van der Waals surface area contributed by atoms with E-state index < -0.39 is 0 Å². The number of hydrogen-bond donors (Lipinski definition) is 1. The molecule has 1 aromatic heterocycles. The zero-order valence-corrected chi connectivity index (χ0v) is 11.8. The van der Waals surface area contributed by atoms with E-state index in [4.69, 9.17) is 5.73 Å². The SMILES string of the molecule is CC(C)CC(N)c1cncn1CC1CCCCC1. The molecule has 0 bridgehead atoms. The van der Waals surface area contributed by atoms with Crippen molar-refractivity contribution < 1.29 is 0 Å². The van der Waals surface area contributed by atoms with Crippen molar-refractivity contribution in [1.29, 1.82) is 0 Å². The Bertz CT molecular complexity index is 350. The second kappa shape index (κ2) is 6.37. The summed E-state index contributed by atoms with van der Waals surface area (Å²) in [5.41, 5.74) is 7.50. The van der Waals surface area contributed by atoms with E-state index in [0.29, 0.717) is 5.92 Å². The number of nitrogens with two attached hydrogens (primary N) is 1. The zero-order chi connectivity index (χ0) is 13.0. The van der Waals surface area contributed by atoms with Crippen molar-refractivity contribution in [3.8, 4) is 0 Å². The fourth-order valence-corrected chi connectivity index (χ4v) is 3.07. The highest BCUT2D eigenvalue weighted by molar-refractivity contribution is 5.05. The van der Waals surface area contributed by atoms with Gasteiger partial charge in [0.15, 0.2) is 0 Å². The highest BCUT2D eigenvalue weighted by Gasteiger charge is 2.18. The quantitative estimate of drug-likeness (QED) is 0.868. The minimum absolute atomic E-state index is 0.135. The third-order valence-corrected chi connectivity index (χ3v) is 4.03. The van der Waals surface area contributed by atoms with E-state index in [0.717, 1.165) is 18.9 Å². The summed E-state index contributed by atoms with van der Waals surface area (Å²) in [6.45, 7) is 5.56. The summed E-state index contributed by atoms with van der Waals surface area (Å²) in [6.07, 6.45) is 11.9. The average Bonchev–Trinajstić information content (AvgIpc) is 2.77. The third-order valence-electron chi connectivity index (χ3n) is 4.03. The number of imidazole rings is 1. The second-order valence-electron chi connectivity index (χ2n) is 6.21. The number of nitrogens with zero attached hydrogens (tertiary/aromatic N) is 2. The molecule has 0 spiro atoms. The molecular weight excluding hydrogens is 222 g/mol. The Hall–Kier alpha value is -0.830. The standard InChI is InChI=1S/C15H27N3/c1-12(2)8-14(16)15-9-17-11-18(15)10-13-6-4-3-5-7-13/h9,11-14H,3-8,10,16H2,1-2H3. The van der Waals surface area contributed by atoms with Crippen LogP contribution >= 0.6 is 0 Å². The van der Waals surface area contributed by atoms with Gasteiger partial charge < -0.3 is 10.3 Å². The van der Waals surface area contributed by atoms with Crippen molar-refractivity contribution in [2.45, 2.75) is 65.0 Å². The van der Waals surface area contributed by atoms with Crippen LogP contribution in [0.25, 0.3) is 0 Å². The molecule has 1 aliphatic rings. The van der Waals surface area contributed by atoms with Crippen LogP contribution in [0, 0.1) is 11.8 Å². The van der Waals surface area contributed by atoms with E-state index >= 15 is 0 Å². The van der Waals surface area contributed by atoms with Crippen LogP contribution in [-0.4, -0.2) is 9.55 Å². The molecule has 1 saturated carbocycles. The van der Waals surface area contributed by atoms with Crippen molar-refractivity contribution >= 4 is 0 Å². The second-order valence-corrected chi connectivity index (χ2v) is 6.21. The molecule has 18 heavy (non-hydrogen) atoms. The Labute approximate surface area is 111 Å². The van der Waals surface area contributed by atoms with E-state index in [1.807, 2.05) is 12.5 Å². The molecule has 0 radical (unpaired) electrons. The Kier molecular flexibility index (Phi) is 4.81. The molecule has 1 heterocycles. The van der Waals surface area contributed by atoms with Crippen LogP contribution in [0.5, 0.6) is 0 Å². The van der Waals surface area contributed by atoms with Crippen LogP contribution in [0.2, 0.25) is 0 Å². The van der Waals surface area contributed by atoms with E-state index in [1.165, 1.54) is 37.8 Å². The topological polar surface area (TPSA) is 43.8 Å². The lowest BCUT2D eigenvalue weighted by Gasteiger charge is -2.24. The molecule has 1 fully saturated rings. The normalized spacial score (nSPS) is 19.3. The van der Waals surface area contributed by atoms with Crippen LogP contribution in [0.4, 0.5) is 0 Å². The van der Waals surface area contributed by atoms with Crippen molar-refractivity contribution in [3.05, 3.63) is 18.2 Å². The first-order chi connectivity index (χ1) is 8.66. The third kappa shape index (κ3) is 3.58. The first kappa shape index (κ1) is 13.6. The molecule has 0 aromatic carbocycles. The molecule has 1 aromatic rings. The van der Waals surface area contributed by atoms with E-state index in [-0.39, 0.29) is 6.04 Å².